The van der Waals surface area contributed by atoms with E-state index >= 15 is 0 Å². The molecule has 0 fully saturated rings. The van der Waals surface area contributed by atoms with E-state index in [1.165, 1.54) is 4.98 Å². The lowest BCUT2D eigenvalue weighted by Crippen LogP contribution is -2.26. The molecule has 0 saturated heterocycles. The molecule has 0 saturated carbocycles. The van der Waals surface area contributed by atoms with Crippen LogP contribution < -0.4 is 10.2 Å². The van der Waals surface area contributed by atoms with Crippen LogP contribution in [0.3, 0.4) is 0 Å². The molecule has 0 atom stereocenters. The van der Waals surface area contributed by atoms with E-state index in [0.29, 0.717) is 0 Å². The molecule has 0 spiro atoms. The predicted octanol–water partition coefficient (Wildman–Crippen LogP) is 1.92. The summed E-state index contributed by atoms with van der Waals surface area (Å²) in [5, 5.41) is 8.43. The number of H-pyrrole nitrogens is 1. The van der Waals surface area contributed by atoms with Gasteiger partial charge in [-0.3, -0.25) is 9.59 Å². The summed E-state index contributed by atoms with van der Waals surface area (Å²) in [5.41, 5.74) is -4.53. The minimum absolute atomic E-state index is 0.146. The van der Waals surface area contributed by atoms with Crippen molar-refractivity contribution in [2.24, 2.45) is 0 Å². The SMILES string of the molecule is O=C(O)Cc1[nH]c(C(F)(F)F)cc(=O)c1OC(F)(F)F. The number of alkyl halides is 6. The van der Waals surface area contributed by atoms with Gasteiger partial charge < -0.3 is 14.8 Å². The van der Waals surface area contributed by atoms with Gasteiger partial charge >= 0.3 is 18.5 Å². The van der Waals surface area contributed by atoms with Gasteiger partial charge in [-0.1, -0.05) is 0 Å². The summed E-state index contributed by atoms with van der Waals surface area (Å²) >= 11 is 0. The molecule has 1 heterocycles. The van der Waals surface area contributed by atoms with Crippen molar-refractivity contribution in [3.63, 3.8) is 0 Å². The summed E-state index contributed by atoms with van der Waals surface area (Å²) in [5.74, 6) is -3.28. The van der Waals surface area contributed by atoms with Crippen molar-refractivity contribution in [1.29, 1.82) is 0 Å². The number of ether oxygens (including phenoxy) is 1. The van der Waals surface area contributed by atoms with Gasteiger partial charge in [-0.25, -0.2) is 0 Å². The minimum atomic E-state index is -5.35. The number of hydrogen-bond donors (Lipinski definition) is 2. The van der Waals surface area contributed by atoms with Gasteiger partial charge in [-0.15, -0.1) is 13.2 Å². The second-order valence-electron chi connectivity index (χ2n) is 3.47. The molecule has 0 amide bonds. The zero-order valence-corrected chi connectivity index (χ0v) is 9.22. The largest absolute Gasteiger partial charge is 0.573 e. The molecule has 20 heavy (non-hydrogen) atoms. The molecule has 0 aromatic carbocycles. The molecule has 5 nitrogen and oxygen atoms in total. The van der Waals surface area contributed by atoms with Gasteiger partial charge in [0.05, 0.1) is 12.1 Å². The monoisotopic (exact) mass is 305 g/mol. The maximum absolute atomic E-state index is 12.4. The fourth-order valence-electron chi connectivity index (χ4n) is 1.26. The third kappa shape index (κ3) is 4.17. The first-order chi connectivity index (χ1) is 8.90. The molecule has 1 rings (SSSR count). The zero-order valence-electron chi connectivity index (χ0n) is 9.22. The smallest absolute Gasteiger partial charge is 0.481 e. The van der Waals surface area contributed by atoms with Crippen LogP contribution in [0.4, 0.5) is 26.3 Å². The highest BCUT2D eigenvalue weighted by molar-refractivity contribution is 5.70. The Morgan fingerprint density at radius 2 is 1.80 bits per heavy atom. The Morgan fingerprint density at radius 1 is 1.25 bits per heavy atom. The number of aromatic amines is 1. The van der Waals surface area contributed by atoms with Gasteiger partial charge in [0, 0.05) is 6.07 Å². The van der Waals surface area contributed by atoms with E-state index in [1.807, 2.05) is 0 Å². The number of hydrogen-bond acceptors (Lipinski definition) is 3. The Kier molecular flexibility index (Phi) is 4.01. The Hall–Kier alpha value is -2.20. The molecule has 0 unspecified atom stereocenters. The number of halogens is 6. The van der Waals surface area contributed by atoms with E-state index in [1.54, 1.807) is 0 Å². The topological polar surface area (TPSA) is 79.4 Å². The predicted molar refractivity (Wildman–Crippen MR) is 50.1 cm³/mol. The van der Waals surface area contributed by atoms with Crippen LogP contribution in [-0.2, 0) is 17.4 Å². The maximum atomic E-state index is 12.4. The fraction of sp³-hybridized carbons (Fsp3) is 0.333. The molecular formula is C9H5F6NO4. The van der Waals surface area contributed by atoms with Crippen molar-refractivity contribution in [3.8, 4) is 5.75 Å². The highest BCUT2D eigenvalue weighted by Gasteiger charge is 2.37. The van der Waals surface area contributed by atoms with Crippen molar-refractivity contribution in [3.05, 3.63) is 27.7 Å². The lowest BCUT2D eigenvalue weighted by molar-refractivity contribution is -0.275. The third-order valence-electron chi connectivity index (χ3n) is 1.91. The molecule has 0 radical (unpaired) electrons. The van der Waals surface area contributed by atoms with Gasteiger partial charge in [-0.05, 0) is 0 Å². The highest BCUT2D eigenvalue weighted by atomic mass is 19.4. The second-order valence-corrected chi connectivity index (χ2v) is 3.47. The number of rotatable bonds is 3. The third-order valence-corrected chi connectivity index (χ3v) is 1.91. The van der Waals surface area contributed by atoms with Gasteiger partial charge in [0.25, 0.3) is 0 Å². The Bertz CT molecular complexity index is 573. The van der Waals surface area contributed by atoms with Crippen molar-refractivity contribution in [1.82, 2.24) is 4.98 Å². The molecule has 0 bridgehead atoms. The maximum Gasteiger partial charge on any atom is 0.573 e. The van der Waals surface area contributed by atoms with E-state index in [-0.39, 0.29) is 6.07 Å². The van der Waals surface area contributed by atoms with Crippen LogP contribution in [-0.4, -0.2) is 22.4 Å². The lowest BCUT2D eigenvalue weighted by atomic mass is 10.2. The Balaban J connectivity index is 3.43. The van der Waals surface area contributed by atoms with Crippen LogP contribution >= 0.6 is 0 Å². The van der Waals surface area contributed by atoms with Crippen LogP contribution in [0.25, 0.3) is 0 Å². The summed E-state index contributed by atoms with van der Waals surface area (Å²) in [6.07, 6.45) is -11.7. The highest BCUT2D eigenvalue weighted by Crippen LogP contribution is 2.29. The van der Waals surface area contributed by atoms with Crippen LogP contribution in [0.2, 0.25) is 0 Å². The molecule has 0 aliphatic carbocycles. The first-order valence-electron chi connectivity index (χ1n) is 4.71. The Morgan fingerprint density at radius 3 is 2.20 bits per heavy atom. The van der Waals surface area contributed by atoms with Crippen LogP contribution in [0.15, 0.2) is 10.9 Å². The quantitative estimate of drug-likeness (QED) is 0.836. The molecule has 11 heteroatoms. The van der Waals surface area contributed by atoms with E-state index in [2.05, 4.69) is 4.74 Å². The molecule has 0 aliphatic rings. The zero-order chi connectivity index (χ0) is 15.7. The van der Waals surface area contributed by atoms with Crippen molar-refractivity contribution < 1.29 is 41.0 Å². The summed E-state index contributed by atoms with van der Waals surface area (Å²) in [4.78, 5) is 23.1. The molecule has 1 aromatic heterocycles. The summed E-state index contributed by atoms with van der Waals surface area (Å²) in [6.45, 7) is 0. The van der Waals surface area contributed by atoms with E-state index in [9.17, 15) is 35.9 Å². The van der Waals surface area contributed by atoms with Crippen LogP contribution in [0.5, 0.6) is 5.75 Å². The lowest BCUT2D eigenvalue weighted by Gasteiger charge is -2.14. The second kappa shape index (κ2) is 5.06. The number of carboxylic acids is 1. The average molecular weight is 305 g/mol. The summed E-state index contributed by atoms with van der Waals surface area (Å²) in [6, 6.07) is -0.146. The molecule has 2 N–H and O–H groups in total. The van der Waals surface area contributed by atoms with Gasteiger partial charge in [0.15, 0.2) is 5.75 Å². The number of aromatic nitrogens is 1. The standard InChI is InChI=1S/C9H5F6NO4/c10-8(11,12)5-2-4(17)7(20-9(13,14)15)3(16-5)1-6(18)19/h2H,1H2,(H,16,17)(H,18,19). The minimum Gasteiger partial charge on any atom is -0.481 e. The van der Waals surface area contributed by atoms with Crippen molar-refractivity contribution in [2.45, 2.75) is 19.0 Å². The summed E-state index contributed by atoms with van der Waals surface area (Å²) < 4.78 is 76.5. The molecule has 1 aromatic rings. The number of nitrogens with one attached hydrogen (secondary N) is 1. The number of carbonyl (C=O) groups is 1. The normalized spacial score (nSPS) is 12.3. The van der Waals surface area contributed by atoms with E-state index in [4.69, 9.17) is 5.11 Å². The van der Waals surface area contributed by atoms with Crippen LogP contribution in [0.1, 0.15) is 11.4 Å². The van der Waals surface area contributed by atoms with Crippen LogP contribution in [0, 0.1) is 0 Å². The number of carboxylic acid groups (broad SMARTS) is 1. The van der Waals surface area contributed by atoms with E-state index in [0.717, 1.165) is 0 Å². The van der Waals surface area contributed by atoms with E-state index < -0.39 is 47.5 Å². The van der Waals surface area contributed by atoms with Gasteiger partial charge in [0.1, 0.15) is 5.69 Å². The first-order valence-corrected chi connectivity index (χ1v) is 4.71. The molecule has 112 valence electrons. The van der Waals surface area contributed by atoms with Crippen molar-refractivity contribution >= 4 is 5.97 Å². The molecule has 0 aliphatic heterocycles. The first kappa shape index (κ1) is 15.9. The summed E-state index contributed by atoms with van der Waals surface area (Å²) in [7, 11) is 0. The van der Waals surface area contributed by atoms with Crippen molar-refractivity contribution in [2.75, 3.05) is 0 Å². The number of aliphatic carboxylic acids is 1. The molecular weight excluding hydrogens is 300 g/mol. The average Bonchev–Trinajstić information content (AvgIpc) is 2.18. The van der Waals surface area contributed by atoms with Gasteiger partial charge in [-0.2, -0.15) is 13.2 Å². The Labute approximate surface area is 105 Å². The van der Waals surface area contributed by atoms with Gasteiger partial charge in [0.2, 0.25) is 5.43 Å². The fourth-order valence-corrected chi connectivity index (χ4v) is 1.26. The number of pyridine rings is 1.